The van der Waals surface area contributed by atoms with Gasteiger partial charge in [0, 0.05) is 18.0 Å². The van der Waals surface area contributed by atoms with Gasteiger partial charge in [-0.25, -0.2) is 0 Å². The third kappa shape index (κ3) is 0.975. The maximum atomic E-state index is 2.38. The van der Waals surface area contributed by atoms with Crippen molar-refractivity contribution in [3.63, 3.8) is 0 Å². The van der Waals surface area contributed by atoms with Gasteiger partial charge in [-0.1, -0.05) is 18.2 Å². The van der Waals surface area contributed by atoms with Crippen LogP contribution in [0.5, 0.6) is 0 Å². The second-order valence-electron chi connectivity index (χ2n) is 2.99. The van der Waals surface area contributed by atoms with E-state index in [1.807, 2.05) is 0 Å². The standard InChI is InChI=1S/C10H10IN/c1-7-8-5-3-4-6-9(8)12(2)10(7)11/h3-6H,1-2H3. The Bertz CT molecular complexity index is 390. The molecule has 1 nitrogen and oxygen atoms in total. The summed E-state index contributed by atoms with van der Waals surface area (Å²) < 4.78 is 3.56. The highest BCUT2D eigenvalue weighted by Gasteiger charge is 2.06. The van der Waals surface area contributed by atoms with Crippen molar-refractivity contribution < 1.29 is 0 Å². The lowest BCUT2D eigenvalue weighted by Crippen LogP contribution is -1.89. The van der Waals surface area contributed by atoms with Crippen molar-refractivity contribution in [3.8, 4) is 0 Å². The zero-order valence-corrected chi connectivity index (χ0v) is 9.29. The van der Waals surface area contributed by atoms with E-state index in [2.05, 4.69) is 65.4 Å². The number of fused-ring (bicyclic) bond motifs is 1. The lowest BCUT2D eigenvalue weighted by atomic mass is 10.2. The van der Waals surface area contributed by atoms with Gasteiger partial charge in [-0.3, -0.25) is 0 Å². The SMILES string of the molecule is Cc1c(I)n(C)c2ccccc12. The van der Waals surface area contributed by atoms with Crippen molar-refractivity contribution in [3.05, 3.63) is 33.5 Å². The van der Waals surface area contributed by atoms with Gasteiger partial charge in [-0.2, -0.15) is 0 Å². The van der Waals surface area contributed by atoms with Gasteiger partial charge in [0.2, 0.25) is 0 Å². The van der Waals surface area contributed by atoms with Crippen LogP contribution in [0.25, 0.3) is 10.9 Å². The second kappa shape index (κ2) is 2.76. The number of aryl methyl sites for hydroxylation is 2. The van der Waals surface area contributed by atoms with Crippen LogP contribution < -0.4 is 0 Å². The van der Waals surface area contributed by atoms with Crippen LogP contribution in [0.1, 0.15) is 5.56 Å². The van der Waals surface area contributed by atoms with Crippen LogP contribution in [0.4, 0.5) is 0 Å². The predicted octanol–water partition coefficient (Wildman–Crippen LogP) is 3.09. The van der Waals surface area contributed by atoms with Crippen LogP contribution in [0.2, 0.25) is 0 Å². The number of nitrogens with zero attached hydrogens (tertiary/aromatic N) is 1. The Morgan fingerprint density at radius 2 is 1.92 bits per heavy atom. The number of rotatable bonds is 0. The van der Waals surface area contributed by atoms with E-state index in [0.717, 1.165) is 0 Å². The number of benzene rings is 1. The van der Waals surface area contributed by atoms with Crippen LogP contribution in [-0.2, 0) is 7.05 Å². The average molecular weight is 271 g/mol. The summed E-state index contributed by atoms with van der Waals surface area (Å²) in [5.41, 5.74) is 2.70. The zero-order chi connectivity index (χ0) is 8.72. The fraction of sp³-hybridized carbons (Fsp3) is 0.200. The van der Waals surface area contributed by atoms with Gasteiger partial charge >= 0.3 is 0 Å². The maximum absolute atomic E-state index is 2.38. The summed E-state index contributed by atoms with van der Waals surface area (Å²) in [4.78, 5) is 0. The summed E-state index contributed by atoms with van der Waals surface area (Å²) >= 11 is 2.38. The van der Waals surface area contributed by atoms with Gasteiger partial charge in [0.15, 0.2) is 0 Å². The highest BCUT2D eigenvalue weighted by atomic mass is 127. The quantitative estimate of drug-likeness (QED) is 0.649. The van der Waals surface area contributed by atoms with Gasteiger partial charge in [0.25, 0.3) is 0 Å². The summed E-state index contributed by atoms with van der Waals surface area (Å²) in [7, 11) is 2.11. The van der Waals surface area contributed by atoms with Crippen molar-refractivity contribution in [1.82, 2.24) is 4.57 Å². The average Bonchev–Trinajstić information content (AvgIpc) is 2.33. The lowest BCUT2D eigenvalue weighted by Gasteiger charge is -1.95. The maximum Gasteiger partial charge on any atom is 0.0836 e. The molecule has 1 aromatic heterocycles. The summed E-state index contributed by atoms with van der Waals surface area (Å²) in [6, 6.07) is 8.50. The molecule has 0 aliphatic rings. The first-order chi connectivity index (χ1) is 5.72. The molecule has 0 unspecified atom stereocenters. The summed E-state index contributed by atoms with van der Waals surface area (Å²) in [6.45, 7) is 2.17. The lowest BCUT2D eigenvalue weighted by molar-refractivity contribution is 0.931. The van der Waals surface area contributed by atoms with Crippen molar-refractivity contribution in [2.75, 3.05) is 0 Å². The zero-order valence-electron chi connectivity index (χ0n) is 7.13. The van der Waals surface area contributed by atoms with Crippen molar-refractivity contribution in [2.45, 2.75) is 6.92 Å². The Kier molecular flexibility index (Phi) is 1.87. The van der Waals surface area contributed by atoms with Crippen LogP contribution in [-0.4, -0.2) is 4.57 Å². The van der Waals surface area contributed by atoms with E-state index >= 15 is 0 Å². The van der Waals surface area contributed by atoms with Crippen molar-refractivity contribution in [2.24, 2.45) is 7.05 Å². The number of hydrogen-bond acceptors (Lipinski definition) is 0. The molecule has 2 aromatic rings. The van der Waals surface area contributed by atoms with Gasteiger partial charge < -0.3 is 4.57 Å². The molecule has 0 aliphatic carbocycles. The van der Waals surface area contributed by atoms with E-state index in [-0.39, 0.29) is 0 Å². The highest BCUT2D eigenvalue weighted by molar-refractivity contribution is 14.1. The monoisotopic (exact) mass is 271 g/mol. The summed E-state index contributed by atoms with van der Waals surface area (Å²) in [6.07, 6.45) is 0. The van der Waals surface area contributed by atoms with Gasteiger partial charge in [0.1, 0.15) is 0 Å². The predicted molar refractivity (Wildman–Crippen MR) is 60.4 cm³/mol. The molecule has 0 atom stereocenters. The first kappa shape index (κ1) is 8.10. The van der Waals surface area contributed by atoms with Crippen LogP contribution in [0.15, 0.2) is 24.3 Å². The van der Waals surface area contributed by atoms with Crippen LogP contribution in [0, 0.1) is 10.6 Å². The first-order valence-electron chi connectivity index (χ1n) is 3.91. The number of hydrogen-bond donors (Lipinski definition) is 0. The summed E-state index contributed by atoms with van der Waals surface area (Å²) in [5, 5.41) is 1.37. The van der Waals surface area contributed by atoms with E-state index in [1.54, 1.807) is 0 Å². The molecule has 0 amide bonds. The van der Waals surface area contributed by atoms with E-state index in [1.165, 1.54) is 20.2 Å². The second-order valence-corrected chi connectivity index (χ2v) is 4.01. The van der Waals surface area contributed by atoms with Crippen molar-refractivity contribution >= 4 is 33.5 Å². The molecule has 2 heteroatoms. The molecular formula is C10H10IN. The fourth-order valence-electron chi connectivity index (χ4n) is 1.55. The molecule has 0 spiro atoms. The fourth-order valence-corrected chi connectivity index (χ4v) is 2.10. The molecule has 12 heavy (non-hydrogen) atoms. The van der Waals surface area contributed by atoms with E-state index < -0.39 is 0 Å². The Morgan fingerprint density at radius 1 is 1.25 bits per heavy atom. The van der Waals surface area contributed by atoms with E-state index in [9.17, 15) is 0 Å². The molecule has 0 saturated carbocycles. The molecule has 62 valence electrons. The van der Waals surface area contributed by atoms with E-state index in [4.69, 9.17) is 0 Å². The third-order valence-corrected chi connectivity index (χ3v) is 3.81. The Hall–Kier alpha value is -0.510. The minimum absolute atomic E-state index is 1.32. The molecule has 0 N–H and O–H groups in total. The molecule has 0 radical (unpaired) electrons. The van der Waals surface area contributed by atoms with Crippen LogP contribution in [0.3, 0.4) is 0 Å². The number of halogens is 1. The highest BCUT2D eigenvalue weighted by Crippen LogP contribution is 2.24. The molecular weight excluding hydrogens is 261 g/mol. The van der Waals surface area contributed by atoms with Gasteiger partial charge in [-0.05, 0) is 41.1 Å². The molecule has 0 bridgehead atoms. The van der Waals surface area contributed by atoms with Gasteiger partial charge in [-0.15, -0.1) is 0 Å². The molecule has 1 heterocycles. The molecule has 0 fully saturated rings. The number of para-hydroxylation sites is 1. The Labute approximate surface area is 85.5 Å². The van der Waals surface area contributed by atoms with E-state index in [0.29, 0.717) is 0 Å². The topological polar surface area (TPSA) is 4.93 Å². The first-order valence-corrected chi connectivity index (χ1v) is 4.99. The minimum Gasteiger partial charge on any atom is -0.339 e. The molecule has 0 aliphatic heterocycles. The number of aromatic nitrogens is 1. The molecule has 1 aromatic carbocycles. The summed E-state index contributed by atoms with van der Waals surface area (Å²) in [5.74, 6) is 0. The Morgan fingerprint density at radius 3 is 2.58 bits per heavy atom. The normalized spacial score (nSPS) is 10.9. The third-order valence-electron chi connectivity index (χ3n) is 2.27. The molecule has 0 saturated heterocycles. The largest absolute Gasteiger partial charge is 0.339 e. The van der Waals surface area contributed by atoms with Crippen LogP contribution >= 0.6 is 22.6 Å². The molecule has 2 rings (SSSR count). The Balaban J connectivity index is 2.99. The van der Waals surface area contributed by atoms with Gasteiger partial charge in [0.05, 0.1) is 3.70 Å². The smallest absolute Gasteiger partial charge is 0.0836 e. The van der Waals surface area contributed by atoms with Crippen molar-refractivity contribution in [1.29, 1.82) is 0 Å². The minimum atomic E-state index is 1.32.